The van der Waals surface area contributed by atoms with Gasteiger partial charge in [-0.05, 0) is 43.4 Å². The standard InChI is InChI=1S/C17H23BrN2O/c18-15-6-4-13(5-7-15)12-20-10-8-16(9-11-20)19-17(21)14-2-1-3-14/h4-7,14,16H,1-3,8-12H2,(H,19,21). The van der Waals surface area contributed by atoms with Crippen LogP contribution in [-0.4, -0.2) is 29.9 Å². The second kappa shape index (κ2) is 6.93. The summed E-state index contributed by atoms with van der Waals surface area (Å²) in [7, 11) is 0. The number of hydrogen-bond acceptors (Lipinski definition) is 2. The second-order valence-corrected chi connectivity index (χ2v) is 7.23. The Hall–Kier alpha value is -0.870. The van der Waals surface area contributed by atoms with Gasteiger partial charge in [-0.15, -0.1) is 0 Å². The van der Waals surface area contributed by atoms with Crippen molar-refractivity contribution in [2.75, 3.05) is 13.1 Å². The third-order valence-electron chi connectivity index (χ3n) is 4.73. The maximum Gasteiger partial charge on any atom is 0.223 e. The van der Waals surface area contributed by atoms with Crippen molar-refractivity contribution in [3.8, 4) is 0 Å². The Morgan fingerprint density at radius 3 is 2.38 bits per heavy atom. The first-order chi connectivity index (χ1) is 10.2. The predicted octanol–water partition coefficient (Wildman–Crippen LogP) is 3.33. The monoisotopic (exact) mass is 350 g/mol. The fourth-order valence-corrected chi connectivity index (χ4v) is 3.34. The first kappa shape index (κ1) is 15.0. The van der Waals surface area contributed by atoms with E-state index in [9.17, 15) is 4.79 Å². The lowest BCUT2D eigenvalue weighted by atomic mass is 9.84. The van der Waals surface area contributed by atoms with Gasteiger partial charge in [0.05, 0.1) is 0 Å². The maximum absolute atomic E-state index is 12.0. The molecular formula is C17H23BrN2O. The molecule has 1 saturated carbocycles. The molecule has 1 aromatic rings. The van der Waals surface area contributed by atoms with E-state index in [2.05, 4.69) is 50.4 Å². The molecule has 1 aliphatic carbocycles. The van der Waals surface area contributed by atoms with Crippen LogP contribution in [0.2, 0.25) is 0 Å². The minimum Gasteiger partial charge on any atom is -0.353 e. The van der Waals surface area contributed by atoms with Crippen LogP contribution in [-0.2, 0) is 11.3 Å². The molecule has 21 heavy (non-hydrogen) atoms. The average molecular weight is 351 g/mol. The Kier molecular flexibility index (Phi) is 4.96. The van der Waals surface area contributed by atoms with Crippen LogP contribution in [0.5, 0.6) is 0 Å². The number of rotatable bonds is 4. The van der Waals surface area contributed by atoms with E-state index < -0.39 is 0 Å². The van der Waals surface area contributed by atoms with Gasteiger partial charge in [0.25, 0.3) is 0 Å². The number of hydrogen-bond donors (Lipinski definition) is 1. The molecule has 3 rings (SSSR count). The van der Waals surface area contributed by atoms with Crippen molar-refractivity contribution < 1.29 is 4.79 Å². The quantitative estimate of drug-likeness (QED) is 0.903. The number of amides is 1. The molecule has 0 spiro atoms. The van der Waals surface area contributed by atoms with Gasteiger partial charge in [-0.25, -0.2) is 0 Å². The highest BCUT2D eigenvalue weighted by Crippen LogP contribution is 2.27. The molecule has 3 nitrogen and oxygen atoms in total. The van der Waals surface area contributed by atoms with E-state index >= 15 is 0 Å². The zero-order valence-electron chi connectivity index (χ0n) is 12.4. The minimum atomic E-state index is 0.299. The number of piperidine rings is 1. The molecule has 1 aliphatic heterocycles. The number of likely N-dealkylation sites (tertiary alicyclic amines) is 1. The summed E-state index contributed by atoms with van der Waals surface area (Å²) in [6.45, 7) is 3.16. The molecular weight excluding hydrogens is 328 g/mol. The fraction of sp³-hybridized carbons (Fsp3) is 0.588. The number of nitrogens with one attached hydrogen (secondary N) is 1. The number of halogens is 1. The molecule has 0 atom stereocenters. The Labute approximate surface area is 135 Å². The van der Waals surface area contributed by atoms with Gasteiger partial charge in [0, 0.05) is 36.1 Å². The zero-order chi connectivity index (χ0) is 14.7. The average Bonchev–Trinajstić information content (AvgIpc) is 2.41. The summed E-state index contributed by atoms with van der Waals surface area (Å²) < 4.78 is 1.13. The summed E-state index contributed by atoms with van der Waals surface area (Å²) in [4.78, 5) is 14.5. The van der Waals surface area contributed by atoms with E-state index in [4.69, 9.17) is 0 Å². The van der Waals surface area contributed by atoms with E-state index in [1.165, 1.54) is 12.0 Å². The summed E-state index contributed by atoms with van der Waals surface area (Å²) in [6, 6.07) is 8.93. The van der Waals surface area contributed by atoms with Gasteiger partial charge >= 0.3 is 0 Å². The molecule has 1 amide bonds. The number of benzene rings is 1. The van der Waals surface area contributed by atoms with Crippen LogP contribution in [0.4, 0.5) is 0 Å². The Balaban J connectivity index is 1.42. The van der Waals surface area contributed by atoms with Crippen LogP contribution in [0.3, 0.4) is 0 Å². The molecule has 2 fully saturated rings. The van der Waals surface area contributed by atoms with Crippen molar-refractivity contribution in [3.05, 3.63) is 34.3 Å². The van der Waals surface area contributed by atoms with Crippen LogP contribution < -0.4 is 5.32 Å². The lowest BCUT2D eigenvalue weighted by Gasteiger charge is -2.34. The van der Waals surface area contributed by atoms with Gasteiger partial charge in [0.2, 0.25) is 5.91 Å². The molecule has 1 heterocycles. The maximum atomic E-state index is 12.0. The van der Waals surface area contributed by atoms with Crippen molar-refractivity contribution in [1.82, 2.24) is 10.2 Å². The molecule has 0 radical (unpaired) electrons. The topological polar surface area (TPSA) is 32.3 Å². The molecule has 1 aromatic carbocycles. The van der Waals surface area contributed by atoms with Crippen LogP contribution in [0.15, 0.2) is 28.7 Å². The number of carbonyl (C=O) groups excluding carboxylic acids is 1. The van der Waals surface area contributed by atoms with Crippen molar-refractivity contribution in [3.63, 3.8) is 0 Å². The van der Waals surface area contributed by atoms with Gasteiger partial charge in [0.15, 0.2) is 0 Å². The fourth-order valence-electron chi connectivity index (χ4n) is 3.07. The molecule has 2 aliphatic rings. The molecule has 4 heteroatoms. The van der Waals surface area contributed by atoms with Gasteiger partial charge in [-0.2, -0.15) is 0 Å². The summed E-state index contributed by atoms with van der Waals surface area (Å²) in [5.41, 5.74) is 1.36. The smallest absolute Gasteiger partial charge is 0.223 e. The van der Waals surface area contributed by atoms with Crippen molar-refractivity contribution in [2.24, 2.45) is 5.92 Å². The number of nitrogens with zero attached hydrogens (tertiary/aromatic N) is 1. The molecule has 0 aromatic heterocycles. The zero-order valence-corrected chi connectivity index (χ0v) is 13.9. The van der Waals surface area contributed by atoms with E-state index in [0.717, 1.165) is 49.8 Å². The highest BCUT2D eigenvalue weighted by Gasteiger charge is 2.28. The highest BCUT2D eigenvalue weighted by atomic mass is 79.9. The van der Waals surface area contributed by atoms with Crippen molar-refractivity contribution in [2.45, 2.75) is 44.7 Å². The van der Waals surface area contributed by atoms with Crippen molar-refractivity contribution in [1.29, 1.82) is 0 Å². The number of carbonyl (C=O) groups is 1. The summed E-state index contributed by atoms with van der Waals surface area (Å²) in [5.74, 6) is 0.610. The van der Waals surface area contributed by atoms with E-state index in [1.807, 2.05) is 0 Å². The van der Waals surface area contributed by atoms with Gasteiger partial charge in [0.1, 0.15) is 0 Å². The van der Waals surface area contributed by atoms with Gasteiger partial charge in [-0.1, -0.05) is 34.5 Å². The third kappa shape index (κ3) is 4.07. The second-order valence-electron chi connectivity index (χ2n) is 6.31. The van der Waals surface area contributed by atoms with Crippen LogP contribution in [0, 0.1) is 5.92 Å². The molecule has 114 valence electrons. The molecule has 1 N–H and O–H groups in total. The Bertz CT molecular complexity index is 476. The largest absolute Gasteiger partial charge is 0.353 e. The van der Waals surface area contributed by atoms with Crippen LogP contribution >= 0.6 is 15.9 Å². The van der Waals surface area contributed by atoms with Gasteiger partial charge < -0.3 is 5.32 Å². The Morgan fingerprint density at radius 2 is 1.81 bits per heavy atom. The van der Waals surface area contributed by atoms with Gasteiger partial charge in [-0.3, -0.25) is 9.69 Å². The first-order valence-electron chi connectivity index (χ1n) is 7.98. The molecule has 1 saturated heterocycles. The minimum absolute atomic E-state index is 0.299. The lowest BCUT2D eigenvalue weighted by molar-refractivity contribution is -0.128. The molecule has 0 unspecified atom stereocenters. The first-order valence-corrected chi connectivity index (χ1v) is 8.77. The van der Waals surface area contributed by atoms with E-state index in [0.29, 0.717) is 17.9 Å². The summed E-state index contributed by atoms with van der Waals surface area (Å²) in [5, 5.41) is 3.24. The lowest BCUT2D eigenvalue weighted by Crippen LogP contribution is -2.47. The van der Waals surface area contributed by atoms with Crippen LogP contribution in [0.25, 0.3) is 0 Å². The normalized spacial score (nSPS) is 21.0. The predicted molar refractivity (Wildman–Crippen MR) is 87.9 cm³/mol. The Morgan fingerprint density at radius 1 is 1.14 bits per heavy atom. The van der Waals surface area contributed by atoms with E-state index in [-0.39, 0.29) is 0 Å². The third-order valence-corrected chi connectivity index (χ3v) is 5.26. The molecule has 0 bridgehead atoms. The summed E-state index contributed by atoms with van der Waals surface area (Å²) >= 11 is 3.47. The van der Waals surface area contributed by atoms with Crippen LogP contribution in [0.1, 0.15) is 37.7 Å². The highest BCUT2D eigenvalue weighted by molar-refractivity contribution is 9.10. The summed E-state index contributed by atoms with van der Waals surface area (Å²) in [6.07, 6.45) is 5.57. The van der Waals surface area contributed by atoms with Crippen molar-refractivity contribution >= 4 is 21.8 Å². The SMILES string of the molecule is O=C(NC1CCN(Cc2ccc(Br)cc2)CC1)C1CCC1. The van der Waals surface area contributed by atoms with E-state index in [1.54, 1.807) is 0 Å².